The van der Waals surface area contributed by atoms with Crippen LogP contribution in [-0.4, -0.2) is 18.2 Å². The monoisotopic (exact) mass is 148 g/mol. The number of allylic oxidation sites excluding steroid dienone is 1. The van der Waals surface area contributed by atoms with Crippen LogP contribution >= 0.6 is 0 Å². The maximum Gasteiger partial charge on any atom is 0.268 e. The Kier molecular flexibility index (Phi) is 1.36. The van der Waals surface area contributed by atoms with E-state index in [1.807, 2.05) is 0 Å². The lowest BCUT2D eigenvalue weighted by atomic mass is 10.4. The molecule has 0 aliphatic heterocycles. The molecule has 0 spiro atoms. The van der Waals surface area contributed by atoms with Crippen molar-refractivity contribution in [3.05, 3.63) is 12.7 Å². The van der Waals surface area contributed by atoms with Gasteiger partial charge in [0.2, 0.25) is 0 Å². The first-order valence-corrected chi connectivity index (χ1v) is 4.15. The van der Waals surface area contributed by atoms with Gasteiger partial charge in [0.15, 0.2) is 0 Å². The van der Waals surface area contributed by atoms with E-state index in [-0.39, 0.29) is 5.92 Å². The van der Waals surface area contributed by atoms with E-state index in [0.29, 0.717) is 6.42 Å². The van der Waals surface area contributed by atoms with Gasteiger partial charge in [-0.05, 0) is 12.3 Å². The van der Waals surface area contributed by atoms with Crippen molar-refractivity contribution in [2.24, 2.45) is 5.92 Å². The molecule has 1 N–H and O–H groups in total. The van der Waals surface area contributed by atoms with Gasteiger partial charge >= 0.3 is 0 Å². The van der Waals surface area contributed by atoms with Crippen molar-refractivity contribution in [3.8, 4) is 0 Å². The molecule has 2 unspecified atom stereocenters. The molecule has 1 aliphatic carbocycles. The van der Waals surface area contributed by atoms with E-state index < -0.39 is 15.4 Å². The third-order valence-corrected chi connectivity index (χ3v) is 2.77. The highest BCUT2D eigenvalue weighted by molar-refractivity contribution is 7.86. The summed E-state index contributed by atoms with van der Waals surface area (Å²) >= 11 is 0. The van der Waals surface area contributed by atoms with Gasteiger partial charge in [-0.2, -0.15) is 8.42 Å². The molecule has 0 aromatic heterocycles. The number of rotatable bonds is 2. The van der Waals surface area contributed by atoms with Gasteiger partial charge < -0.3 is 0 Å². The van der Waals surface area contributed by atoms with Crippen LogP contribution in [0.5, 0.6) is 0 Å². The lowest BCUT2D eigenvalue weighted by Crippen LogP contribution is -2.05. The Morgan fingerprint density at radius 2 is 2.22 bits per heavy atom. The molecule has 1 aliphatic rings. The largest absolute Gasteiger partial charge is 0.285 e. The van der Waals surface area contributed by atoms with Gasteiger partial charge in [0.1, 0.15) is 0 Å². The lowest BCUT2D eigenvalue weighted by Gasteiger charge is -1.87. The Balaban J connectivity index is 2.63. The van der Waals surface area contributed by atoms with Gasteiger partial charge in [0.25, 0.3) is 10.1 Å². The fourth-order valence-corrected chi connectivity index (χ4v) is 1.80. The first kappa shape index (κ1) is 6.77. The van der Waals surface area contributed by atoms with Crippen LogP contribution in [0.2, 0.25) is 0 Å². The fraction of sp³-hybridized carbons (Fsp3) is 0.600. The molecule has 0 aromatic rings. The molecule has 4 heteroatoms. The van der Waals surface area contributed by atoms with Crippen LogP contribution in [-0.2, 0) is 10.1 Å². The van der Waals surface area contributed by atoms with E-state index in [1.54, 1.807) is 6.08 Å². The van der Waals surface area contributed by atoms with Crippen molar-refractivity contribution < 1.29 is 13.0 Å². The van der Waals surface area contributed by atoms with Crippen LogP contribution in [0.25, 0.3) is 0 Å². The zero-order valence-corrected chi connectivity index (χ0v) is 5.63. The predicted octanol–water partition coefficient (Wildman–Crippen LogP) is 0.449. The summed E-state index contributed by atoms with van der Waals surface area (Å²) in [5.41, 5.74) is 0. The van der Waals surface area contributed by atoms with E-state index in [0.717, 1.165) is 0 Å². The average Bonchev–Trinajstić information content (AvgIpc) is 2.39. The average molecular weight is 148 g/mol. The zero-order chi connectivity index (χ0) is 7.07. The van der Waals surface area contributed by atoms with E-state index in [4.69, 9.17) is 4.55 Å². The molecular formula is C5H8O3S. The van der Waals surface area contributed by atoms with Gasteiger partial charge in [-0.3, -0.25) is 4.55 Å². The summed E-state index contributed by atoms with van der Waals surface area (Å²) in [6, 6.07) is 0. The summed E-state index contributed by atoms with van der Waals surface area (Å²) in [4.78, 5) is 0. The van der Waals surface area contributed by atoms with Crippen molar-refractivity contribution in [1.29, 1.82) is 0 Å². The van der Waals surface area contributed by atoms with E-state index in [9.17, 15) is 8.42 Å². The maximum atomic E-state index is 10.3. The second kappa shape index (κ2) is 1.82. The Hall–Kier alpha value is -0.350. The highest BCUT2D eigenvalue weighted by Crippen LogP contribution is 2.36. The smallest absolute Gasteiger partial charge is 0.268 e. The zero-order valence-electron chi connectivity index (χ0n) is 4.82. The molecule has 1 rings (SSSR count). The third-order valence-electron chi connectivity index (χ3n) is 1.46. The van der Waals surface area contributed by atoms with Gasteiger partial charge in [0, 0.05) is 0 Å². The van der Waals surface area contributed by atoms with Crippen LogP contribution in [0.15, 0.2) is 12.7 Å². The summed E-state index contributed by atoms with van der Waals surface area (Å²) < 4.78 is 28.9. The molecule has 52 valence electrons. The molecule has 0 bridgehead atoms. The molecule has 0 saturated heterocycles. The lowest BCUT2D eigenvalue weighted by molar-refractivity contribution is 0.480. The highest BCUT2D eigenvalue weighted by atomic mass is 32.2. The van der Waals surface area contributed by atoms with Gasteiger partial charge in [-0.1, -0.05) is 6.08 Å². The minimum atomic E-state index is -3.76. The molecule has 0 radical (unpaired) electrons. The molecule has 3 nitrogen and oxygen atoms in total. The van der Waals surface area contributed by atoms with Crippen molar-refractivity contribution in [2.45, 2.75) is 11.7 Å². The standard InChI is InChI=1S/C5H8O3S/c1-2-4-3-5(4)9(6,7)8/h2,4-5H,1,3H2,(H,6,7,8). The molecule has 1 fully saturated rings. The van der Waals surface area contributed by atoms with Crippen LogP contribution in [0, 0.1) is 5.92 Å². The third kappa shape index (κ3) is 1.31. The van der Waals surface area contributed by atoms with Gasteiger partial charge in [0.05, 0.1) is 5.25 Å². The van der Waals surface area contributed by atoms with E-state index in [2.05, 4.69) is 6.58 Å². The van der Waals surface area contributed by atoms with Crippen molar-refractivity contribution >= 4 is 10.1 Å². The highest BCUT2D eigenvalue weighted by Gasteiger charge is 2.44. The second-order valence-corrected chi connectivity index (χ2v) is 3.82. The van der Waals surface area contributed by atoms with Crippen molar-refractivity contribution in [1.82, 2.24) is 0 Å². The summed E-state index contributed by atoms with van der Waals surface area (Å²) in [5, 5.41) is -0.560. The predicted molar refractivity (Wildman–Crippen MR) is 33.6 cm³/mol. The van der Waals surface area contributed by atoms with Crippen LogP contribution < -0.4 is 0 Å². The van der Waals surface area contributed by atoms with Crippen LogP contribution in [0.1, 0.15) is 6.42 Å². The topological polar surface area (TPSA) is 54.4 Å². The Morgan fingerprint density at radius 3 is 2.33 bits per heavy atom. The Bertz CT molecular complexity index is 216. The molecule has 0 amide bonds. The Morgan fingerprint density at radius 1 is 1.67 bits per heavy atom. The normalized spacial score (nSPS) is 33.9. The van der Waals surface area contributed by atoms with Gasteiger partial charge in [-0.15, -0.1) is 6.58 Å². The Labute approximate surface area is 54.1 Å². The SMILES string of the molecule is C=CC1CC1S(=O)(=O)O. The van der Waals surface area contributed by atoms with Crippen molar-refractivity contribution in [2.75, 3.05) is 0 Å². The summed E-state index contributed by atoms with van der Waals surface area (Å²) in [6.45, 7) is 3.41. The van der Waals surface area contributed by atoms with Crippen LogP contribution in [0.3, 0.4) is 0 Å². The maximum absolute atomic E-state index is 10.3. The fourth-order valence-electron chi connectivity index (χ4n) is 0.780. The molecular weight excluding hydrogens is 140 g/mol. The van der Waals surface area contributed by atoms with Gasteiger partial charge in [-0.25, -0.2) is 0 Å². The van der Waals surface area contributed by atoms with E-state index in [1.165, 1.54) is 0 Å². The summed E-state index contributed by atoms with van der Waals surface area (Å²) in [5.74, 6) is -0.0139. The molecule has 2 atom stereocenters. The minimum Gasteiger partial charge on any atom is -0.285 e. The first-order chi connectivity index (χ1) is 4.05. The molecule has 1 saturated carbocycles. The molecule has 0 heterocycles. The van der Waals surface area contributed by atoms with E-state index >= 15 is 0 Å². The number of hydrogen-bond acceptors (Lipinski definition) is 2. The van der Waals surface area contributed by atoms with Crippen molar-refractivity contribution in [3.63, 3.8) is 0 Å². The molecule has 9 heavy (non-hydrogen) atoms. The summed E-state index contributed by atoms with van der Waals surface area (Å²) in [6.07, 6.45) is 2.08. The first-order valence-electron chi connectivity index (χ1n) is 2.64. The molecule has 0 aromatic carbocycles. The quantitative estimate of drug-likeness (QED) is 0.457. The van der Waals surface area contributed by atoms with Crippen LogP contribution in [0.4, 0.5) is 0 Å². The summed E-state index contributed by atoms with van der Waals surface area (Å²) in [7, 11) is -3.76. The second-order valence-electron chi connectivity index (χ2n) is 2.19. The number of hydrogen-bond donors (Lipinski definition) is 1. The minimum absolute atomic E-state index is 0.0139.